The van der Waals surface area contributed by atoms with Gasteiger partial charge in [-0.1, -0.05) is 12.8 Å². The van der Waals surface area contributed by atoms with Crippen LogP contribution in [-0.4, -0.2) is 74.5 Å². The van der Waals surface area contributed by atoms with Crippen molar-refractivity contribution in [1.29, 1.82) is 0 Å². The van der Waals surface area contributed by atoms with Crippen molar-refractivity contribution in [3.8, 4) is 0 Å². The fourth-order valence-electron chi connectivity index (χ4n) is 4.82. The van der Waals surface area contributed by atoms with Gasteiger partial charge in [-0.3, -0.25) is 9.79 Å². The number of hydrogen-bond acceptors (Lipinski definition) is 3. The molecule has 1 unspecified atom stereocenters. The number of piperidine rings is 1. The molecule has 1 aliphatic carbocycles. The van der Waals surface area contributed by atoms with Gasteiger partial charge in [-0.05, 0) is 39.8 Å². The molecule has 0 bridgehead atoms. The van der Waals surface area contributed by atoms with Gasteiger partial charge in [0.1, 0.15) is 0 Å². The van der Waals surface area contributed by atoms with Crippen LogP contribution in [0.1, 0.15) is 44.9 Å². The zero-order valence-electron chi connectivity index (χ0n) is 15.5. The van der Waals surface area contributed by atoms with E-state index in [2.05, 4.69) is 39.5 Å². The Labute approximate surface area is 146 Å². The quantitative estimate of drug-likeness (QED) is 0.598. The number of nitrogens with one attached hydrogen (secondary N) is 2. The second-order valence-corrected chi connectivity index (χ2v) is 8.21. The second-order valence-electron chi connectivity index (χ2n) is 8.21. The van der Waals surface area contributed by atoms with Crippen molar-refractivity contribution in [2.45, 2.75) is 50.5 Å². The van der Waals surface area contributed by atoms with E-state index in [9.17, 15) is 4.79 Å². The van der Waals surface area contributed by atoms with E-state index in [0.29, 0.717) is 6.42 Å². The Hall–Kier alpha value is -1.30. The minimum Gasteiger partial charge on any atom is -0.355 e. The number of guanidine groups is 1. The molecule has 6 heteroatoms. The number of rotatable bonds is 3. The van der Waals surface area contributed by atoms with E-state index < -0.39 is 0 Å². The average molecular weight is 335 g/mol. The highest BCUT2D eigenvalue weighted by Crippen LogP contribution is 2.36. The number of hydrogen-bond donors (Lipinski definition) is 2. The zero-order chi connectivity index (χ0) is 17.2. The molecule has 24 heavy (non-hydrogen) atoms. The molecule has 1 atom stereocenters. The number of likely N-dealkylation sites (N-methyl/N-ethyl adjacent to an activating group) is 1. The van der Waals surface area contributed by atoms with Crippen LogP contribution >= 0.6 is 0 Å². The van der Waals surface area contributed by atoms with E-state index in [4.69, 9.17) is 0 Å². The van der Waals surface area contributed by atoms with Crippen LogP contribution in [0, 0.1) is 5.41 Å². The third-order valence-electron chi connectivity index (χ3n) is 6.43. The SMILES string of the molecule is CN=C(NCC1(N(C)C)CCCC1)N1CCCC2(CNC(=O)C2)C1. The van der Waals surface area contributed by atoms with Crippen molar-refractivity contribution in [1.82, 2.24) is 20.4 Å². The highest BCUT2D eigenvalue weighted by molar-refractivity contribution is 5.81. The summed E-state index contributed by atoms with van der Waals surface area (Å²) < 4.78 is 0. The lowest BCUT2D eigenvalue weighted by atomic mass is 9.79. The van der Waals surface area contributed by atoms with Crippen LogP contribution in [0.5, 0.6) is 0 Å². The number of amides is 1. The fourth-order valence-corrected chi connectivity index (χ4v) is 4.82. The standard InChI is InChI=1S/C18H33N5O/c1-19-16(21-13-18(22(2)3)8-4-5-9-18)23-10-6-7-17(14-23)11-15(24)20-12-17/h4-14H2,1-3H3,(H,19,21)(H,20,24). The van der Waals surface area contributed by atoms with Gasteiger partial charge in [0.15, 0.2) is 5.96 Å². The molecule has 0 aromatic heterocycles. The Balaban J connectivity index is 1.63. The van der Waals surface area contributed by atoms with Crippen LogP contribution in [0.4, 0.5) is 0 Å². The van der Waals surface area contributed by atoms with Crippen LogP contribution in [0.2, 0.25) is 0 Å². The number of likely N-dealkylation sites (tertiary alicyclic amines) is 1. The largest absolute Gasteiger partial charge is 0.355 e. The molecule has 2 saturated heterocycles. The Morgan fingerprint density at radius 2 is 2.04 bits per heavy atom. The number of aliphatic imine (C=N–C) groups is 1. The minimum absolute atomic E-state index is 0.111. The predicted octanol–water partition coefficient (Wildman–Crippen LogP) is 1.04. The third kappa shape index (κ3) is 3.39. The first-order valence-electron chi connectivity index (χ1n) is 9.38. The first kappa shape index (κ1) is 17.5. The molecule has 3 fully saturated rings. The van der Waals surface area contributed by atoms with Crippen LogP contribution < -0.4 is 10.6 Å². The molecular formula is C18H33N5O. The molecule has 0 radical (unpaired) electrons. The minimum atomic E-state index is 0.111. The van der Waals surface area contributed by atoms with Gasteiger partial charge in [0.05, 0.1) is 0 Å². The van der Waals surface area contributed by atoms with E-state index >= 15 is 0 Å². The fraction of sp³-hybridized carbons (Fsp3) is 0.889. The summed E-state index contributed by atoms with van der Waals surface area (Å²) in [7, 11) is 6.27. The molecule has 1 amide bonds. The monoisotopic (exact) mass is 335 g/mol. The smallest absolute Gasteiger partial charge is 0.220 e. The summed E-state index contributed by atoms with van der Waals surface area (Å²) >= 11 is 0. The lowest BCUT2D eigenvalue weighted by Crippen LogP contribution is -2.56. The maximum absolute atomic E-state index is 11.7. The van der Waals surface area contributed by atoms with E-state index in [-0.39, 0.29) is 16.9 Å². The van der Waals surface area contributed by atoms with Crippen molar-refractivity contribution < 1.29 is 4.79 Å². The van der Waals surface area contributed by atoms with Crippen molar-refractivity contribution in [3.05, 3.63) is 0 Å². The second kappa shape index (κ2) is 6.90. The number of carbonyl (C=O) groups is 1. The van der Waals surface area contributed by atoms with Crippen LogP contribution in [0.3, 0.4) is 0 Å². The molecule has 1 saturated carbocycles. The summed E-state index contributed by atoms with van der Waals surface area (Å²) in [6.07, 6.45) is 8.09. The van der Waals surface area contributed by atoms with Gasteiger partial charge in [-0.2, -0.15) is 0 Å². The van der Waals surface area contributed by atoms with Gasteiger partial charge in [0.2, 0.25) is 5.91 Å². The molecule has 0 aromatic carbocycles. The van der Waals surface area contributed by atoms with Crippen molar-refractivity contribution in [2.24, 2.45) is 10.4 Å². The first-order valence-corrected chi connectivity index (χ1v) is 9.38. The van der Waals surface area contributed by atoms with Crippen molar-refractivity contribution >= 4 is 11.9 Å². The predicted molar refractivity (Wildman–Crippen MR) is 97.1 cm³/mol. The summed E-state index contributed by atoms with van der Waals surface area (Å²) in [5.74, 6) is 1.21. The van der Waals surface area contributed by atoms with Crippen LogP contribution in [-0.2, 0) is 4.79 Å². The van der Waals surface area contributed by atoms with Crippen LogP contribution in [0.15, 0.2) is 4.99 Å². The van der Waals surface area contributed by atoms with Crippen molar-refractivity contribution in [3.63, 3.8) is 0 Å². The van der Waals surface area contributed by atoms with Gasteiger partial charge in [0, 0.05) is 50.6 Å². The Morgan fingerprint density at radius 3 is 2.62 bits per heavy atom. The van der Waals surface area contributed by atoms with E-state index in [1.165, 1.54) is 25.7 Å². The van der Waals surface area contributed by atoms with Gasteiger partial charge >= 0.3 is 0 Å². The normalized spacial score (nSPS) is 30.2. The van der Waals surface area contributed by atoms with Gasteiger partial charge in [-0.25, -0.2) is 0 Å². The Bertz CT molecular complexity index is 498. The Morgan fingerprint density at radius 1 is 1.29 bits per heavy atom. The molecule has 136 valence electrons. The zero-order valence-corrected chi connectivity index (χ0v) is 15.5. The molecule has 2 heterocycles. The maximum atomic E-state index is 11.7. The number of carbonyl (C=O) groups excluding carboxylic acids is 1. The summed E-state index contributed by atoms with van der Waals surface area (Å²) in [6, 6.07) is 0. The molecule has 0 aromatic rings. The topological polar surface area (TPSA) is 60.0 Å². The molecule has 3 rings (SSSR count). The third-order valence-corrected chi connectivity index (χ3v) is 6.43. The molecule has 1 spiro atoms. The summed E-state index contributed by atoms with van der Waals surface area (Å²) in [5, 5.41) is 6.67. The van der Waals surface area contributed by atoms with E-state index in [1.54, 1.807) is 0 Å². The lowest BCUT2D eigenvalue weighted by molar-refractivity contribution is -0.119. The summed E-state index contributed by atoms with van der Waals surface area (Å²) in [5.41, 5.74) is 0.369. The van der Waals surface area contributed by atoms with Gasteiger partial charge in [-0.15, -0.1) is 0 Å². The Kier molecular flexibility index (Phi) is 5.04. The van der Waals surface area contributed by atoms with Gasteiger partial charge < -0.3 is 20.4 Å². The average Bonchev–Trinajstić information content (AvgIpc) is 3.17. The van der Waals surface area contributed by atoms with Gasteiger partial charge in [0.25, 0.3) is 0 Å². The van der Waals surface area contributed by atoms with E-state index in [0.717, 1.165) is 45.0 Å². The maximum Gasteiger partial charge on any atom is 0.220 e. The highest BCUT2D eigenvalue weighted by Gasteiger charge is 2.43. The lowest BCUT2D eigenvalue weighted by Gasteiger charge is -2.42. The molecule has 6 nitrogen and oxygen atoms in total. The highest BCUT2D eigenvalue weighted by atomic mass is 16.1. The van der Waals surface area contributed by atoms with E-state index in [1.807, 2.05) is 7.05 Å². The van der Waals surface area contributed by atoms with Crippen molar-refractivity contribution in [2.75, 3.05) is 47.3 Å². The summed E-state index contributed by atoms with van der Waals surface area (Å²) in [4.78, 5) is 21.0. The number of nitrogens with zero attached hydrogens (tertiary/aromatic N) is 3. The van der Waals surface area contributed by atoms with Crippen LogP contribution in [0.25, 0.3) is 0 Å². The molecule has 3 aliphatic rings. The molecule has 2 aliphatic heterocycles. The molecule has 2 N–H and O–H groups in total. The first-order chi connectivity index (χ1) is 11.5. The summed E-state index contributed by atoms with van der Waals surface area (Å²) in [6.45, 7) is 3.74. The molecular weight excluding hydrogens is 302 g/mol.